The summed E-state index contributed by atoms with van der Waals surface area (Å²) in [5.74, 6) is -0.126. The monoisotopic (exact) mass is 262 g/mol. The van der Waals surface area contributed by atoms with Crippen LogP contribution >= 0.6 is 0 Å². The van der Waals surface area contributed by atoms with Crippen LogP contribution in [-0.4, -0.2) is 41.9 Å². The lowest BCUT2D eigenvalue weighted by Crippen LogP contribution is -2.45. The molecular weight excluding hydrogens is 244 g/mol. The number of carboxylic acid groups (broad SMARTS) is 1. The van der Waals surface area contributed by atoms with Crippen LogP contribution in [0.5, 0.6) is 0 Å². The van der Waals surface area contributed by atoms with Crippen molar-refractivity contribution in [1.82, 2.24) is 4.98 Å². The Kier molecular flexibility index (Phi) is 4.52. The van der Waals surface area contributed by atoms with Crippen molar-refractivity contribution in [1.29, 1.82) is 0 Å². The first kappa shape index (κ1) is 13.5. The van der Waals surface area contributed by atoms with E-state index in [4.69, 9.17) is 9.84 Å². The molecule has 1 unspecified atom stereocenters. The molecule has 1 saturated heterocycles. The molecular formula is C14H18N2O3. The Hall–Kier alpha value is -1.88. The number of carboxylic acids is 1. The zero-order chi connectivity index (χ0) is 13.7. The molecule has 0 amide bonds. The molecule has 1 aromatic rings. The van der Waals surface area contributed by atoms with E-state index >= 15 is 0 Å². The molecule has 2 heterocycles. The van der Waals surface area contributed by atoms with E-state index in [-0.39, 0.29) is 0 Å². The molecule has 2 rings (SSSR count). The van der Waals surface area contributed by atoms with E-state index in [1.165, 1.54) is 0 Å². The molecule has 5 nitrogen and oxygen atoms in total. The van der Waals surface area contributed by atoms with Gasteiger partial charge < -0.3 is 14.7 Å². The molecule has 1 fully saturated rings. The SMILES string of the molecule is CCC1COCCN1c1ncccc1/C=C/C(=O)O. The van der Waals surface area contributed by atoms with Crippen LogP contribution in [0.3, 0.4) is 0 Å². The van der Waals surface area contributed by atoms with E-state index in [9.17, 15) is 4.79 Å². The van der Waals surface area contributed by atoms with Crippen LogP contribution in [0.25, 0.3) is 6.08 Å². The fraction of sp³-hybridized carbons (Fsp3) is 0.429. The fourth-order valence-corrected chi connectivity index (χ4v) is 2.21. The normalized spacial score (nSPS) is 19.8. The Balaban J connectivity index is 2.29. The largest absolute Gasteiger partial charge is 0.478 e. The summed E-state index contributed by atoms with van der Waals surface area (Å²) in [7, 11) is 0. The predicted molar refractivity (Wildman–Crippen MR) is 73.2 cm³/mol. The second kappa shape index (κ2) is 6.33. The number of aromatic nitrogens is 1. The van der Waals surface area contributed by atoms with Crippen molar-refractivity contribution < 1.29 is 14.6 Å². The molecule has 1 aromatic heterocycles. The summed E-state index contributed by atoms with van der Waals surface area (Å²) in [4.78, 5) is 17.2. The summed E-state index contributed by atoms with van der Waals surface area (Å²) in [5.41, 5.74) is 0.824. The molecule has 1 aliphatic rings. The van der Waals surface area contributed by atoms with Gasteiger partial charge in [-0.25, -0.2) is 9.78 Å². The fourth-order valence-electron chi connectivity index (χ4n) is 2.21. The topological polar surface area (TPSA) is 62.7 Å². The highest BCUT2D eigenvalue weighted by atomic mass is 16.5. The summed E-state index contributed by atoms with van der Waals surface area (Å²) in [6.07, 6.45) is 5.43. The van der Waals surface area contributed by atoms with Gasteiger partial charge in [0.2, 0.25) is 0 Å². The Morgan fingerprint density at radius 2 is 2.53 bits per heavy atom. The third-order valence-electron chi connectivity index (χ3n) is 3.19. The number of pyridine rings is 1. The maximum atomic E-state index is 10.6. The summed E-state index contributed by atoms with van der Waals surface area (Å²) in [6.45, 7) is 4.26. The van der Waals surface area contributed by atoms with Crippen molar-refractivity contribution in [3.8, 4) is 0 Å². The standard InChI is InChI=1S/C14H18N2O3/c1-2-12-10-19-9-8-16(12)14-11(4-3-7-15-14)5-6-13(17)18/h3-7,12H,2,8-10H2,1H3,(H,17,18)/b6-5+. The summed E-state index contributed by atoms with van der Waals surface area (Å²) < 4.78 is 5.48. The highest BCUT2D eigenvalue weighted by Crippen LogP contribution is 2.24. The van der Waals surface area contributed by atoms with E-state index in [1.54, 1.807) is 12.3 Å². The quantitative estimate of drug-likeness (QED) is 0.838. The van der Waals surface area contributed by atoms with Crippen LogP contribution in [0.2, 0.25) is 0 Å². The van der Waals surface area contributed by atoms with Gasteiger partial charge in [0.15, 0.2) is 0 Å². The van der Waals surface area contributed by atoms with Gasteiger partial charge in [-0.15, -0.1) is 0 Å². The molecule has 0 bridgehead atoms. The Bertz CT molecular complexity index is 474. The van der Waals surface area contributed by atoms with Crippen molar-refractivity contribution in [3.05, 3.63) is 30.0 Å². The van der Waals surface area contributed by atoms with Crippen LogP contribution < -0.4 is 4.90 Å². The summed E-state index contributed by atoms with van der Waals surface area (Å²) in [6, 6.07) is 3.98. The number of aliphatic carboxylic acids is 1. The van der Waals surface area contributed by atoms with Gasteiger partial charge in [0.05, 0.1) is 19.3 Å². The van der Waals surface area contributed by atoms with Crippen molar-refractivity contribution >= 4 is 17.9 Å². The minimum absolute atomic E-state index is 0.292. The molecule has 0 radical (unpaired) electrons. The molecule has 5 heteroatoms. The smallest absolute Gasteiger partial charge is 0.328 e. The lowest BCUT2D eigenvalue weighted by Gasteiger charge is -2.36. The van der Waals surface area contributed by atoms with E-state index in [1.807, 2.05) is 12.1 Å². The number of carbonyl (C=O) groups is 1. The lowest BCUT2D eigenvalue weighted by molar-refractivity contribution is -0.131. The minimum Gasteiger partial charge on any atom is -0.478 e. The van der Waals surface area contributed by atoms with E-state index < -0.39 is 5.97 Å². The van der Waals surface area contributed by atoms with Gasteiger partial charge in [-0.05, 0) is 24.6 Å². The zero-order valence-electron chi connectivity index (χ0n) is 11.0. The van der Waals surface area contributed by atoms with Crippen LogP contribution in [0.4, 0.5) is 5.82 Å². The molecule has 0 aromatic carbocycles. The number of hydrogen-bond donors (Lipinski definition) is 1. The van der Waals surface area contributed by atoms with Gasteiger partial charge in [0.25, 0.3) is 0 Å². The van der Waals surface area contributed by atoms with Crippen LogP contribution in [0, 0.1) is 0 Å². The highest BCUT2D eigenvalue weighted by Gasteiger charge is 2.23. The number of morpholine rings is 1. The van der Waals surface area contributed by atoms with Crippen molar-refractivity contribution in [2.75, 3.05) is 24.7 Å². The summed E-state index contributed by atoms with van der Waals surface area (Å²) >= 11 is 0. The molecule has 0 spiro atoms. The van der Waals surface area contributed by atoms with Gasteiger partial charge in [-0.2, -0.15) is 0 Å². The van der Waals surface area contributed by atoms with E-state index in [2.05, 4.69) is 16.8 Å². The third-order valence-corrected chi connectivity index (χ3v) is 3.19. The van der Waals surface area contributed by atoms with Gasteiger partial charge in [-0.3, -0.25) is 0 Å². The minimum atomic E-state index is -0.955. The molecule has 1 aliphatic heterocycles. The van der Waals surface area contributed by atoms with E-state index in [0.717, 1.165) is 30.4 Å². The first-order valence-corrected chi connectivity index (χ1v) is 6.42. The van der Waals surface area contributed by atoms with Crippen LogP contribution in [0.1, 0.15) is 18.9 Å². The van der Waals surface area contributed by atoms with Gasteiger partial charge in [-0.1, -0.05) is 6.92 Å². The number of ether oxygens (including phenoxy) is 1. The molecule has 0 aliphatic carbocycles. The van der Waals surface area contributed by atoms with Crippen LogP contribution in [-0.2, 0) is 9.53 Å². The lowest BCUT2D eigenvalue weighted by atomic mass is 10.1. The van der Waals surface area contributed by atoms with Crippen molar-refractivity contribution in [3.63, 3.8) is 0 Å². The highest BCUT2D eigenvalue weighted by molar-refractivity contribution is 5.86. The molecule has 0 saturated carbocycles. The molecule has 102 valence electrons. The average Bonchev–Trinajstić information content (AvgIpc) is 2.45. The molecule has 1 N–H and O–H groups in total. The van der Waals surface area contributed by atoms with Crippen LogP contribution in [0.15, 0.2) is 24.4 Å². The Labute approximate surface area is 112 Å². The van der Waals surface area contributed by atoms with Gasteiger partial charge in [0.1, 0.15) is 5.82 Å². The first-order chi connectivity index (χ1) is 9.22. The van der Waals surface area contributed by atoms with E-state index in [0.29, 0.717) is 19.3 Å². The van der Waals surface area contributed by atoms with Crippen molar-refractivity contribution in [2.45, 2.75) is 19.4 Å². The number of rotatable bonds is 4. The third kappa shape index (κ3) is 3.32. The van der Waals surface area contributed by atoms with Crippen molar-refractivity contribution in [2.24, 2.45) is 0 Å². The predicted octanol–water partition coefficient (Wildman–Crippen LogP) is 1.79. The zero-order valence-corrected chi connectivity index (χ0v) is 11.0. The average molecular weight is 262 g/mol. The number of nitrogens with zero attached hydrogens (tertiary/aromatic N) is 2. The first-order valence-electron chi connectivity index (χ1n) is 6.42. The second-order valence-electron chi connectivity index (χ2n) is 4.42. The second-order valence-corrected chi connectivity index (χ2v) is 4.42. The number of anilines is 1. The van der Waals surface area contributed by atoms with Gasteiger partial charge in [0, 0.05) is 24.4 Å². The Morgan fingerprint density at radius 3 is 3.26 bits per heavy atom. The maximum absolute atomic E-state index is 10.6. The Morgan fingerprint density at radius 1 is 1.68 bits per heavy atom. The molecule has 1 atom stereocenters. The molecule has 19 heavy (non-hydrogen) atoms. The maximum Gasteiger partial charge on any atom is 0.328 e. The van der Waals surface area contributed by atoms with Gasteiger partial charge >= 0.3 is 5.97 Å². The number of hydrogen-bond acceptors (Lipinski definition) is 4. The summed E-state index contributed by atoms with van der Waals surface area (Å²) in [5, 5.41) is 8.73.